The molecule has 0 saturated carbocycles. The van der Waals surface area contributed by atoms with Gasteiger partial charge in [-0.2, -0.15) is 0 Å². The summed E-state index contributed by atoms with van der Waals surface area (Å²) in [5, 5.41) is 16.9. The van der Waals surface area contributed by atoms with E-state index in [-0.39, 0.29) is 22.4 Å². The van der Waals surface area contributed by atoms with Gasteiger partial charge in [0, 0.05) is 24.1 Å². The molecule has 1 aromatic carbocycles. The molecule has 1 saturated heterocycles. The van der Waals surface area contributed by atoms with Crippen LogP contribution < -0.4 is 10.6 Å². The molecule has 20 heavy (non-hydrogen) atoms. The molecule has 0 spiro atoms. The molecule has 1 atom stereocenters. The zero-order chi connectivity index (χ0) is 14.5. The Hall–Kier alpha value is -1.95. The summed E-state index contributed by atoms with van der Waals surface area (Å²) in [6.45, 7) is 4.12. The number of para-hydroxylation sites is 1. The third-order valence-electron chi connectivity index (χ3n) is 3.82. The van der Waals surface area contributed by atoms with Crippen LogP contribution >= 0.6 is 0 Å². The highest BCUT2D eigenvalue weighted by Gasteiger charge is 2.28. The maximum Gasteiger partial charge on any atom is 0.272 e. The second-order valence-electron chi connectivity index (χ2n) is 5.13. The van der Waals surface area contributed by atoms with E-state index >= 15 is 0 Å². The highest BCUT2D eigenvalue weighted by Crippen LogP contribution is 2.18. The van der Waals surface area contributed by atoms with Gasteiger partial charge in [0.25, 0.3) is 5.69 Å². The predicted molar refractivity (Wildman–Crippen MR) is 75.3 cm³/mol. The van der Waals surface area contributed by atoms with Crippen molar-refractivity contribution < 1.29 is 9.72 Å². The highest BCUT2D eigenvalue weighted by molar-refractivity contribution is 5.78. The van der Waals surface area contributed by atoms with E-state index in [2.05, 4.69) is 10.6 Å². The maximum absolute atomic E-state index is 11.9. The lowest BCUT2D eigenvalue weighted by molar-refractivity contribution is -0.385. The smallest absolute Gasteiger partial charge is 0.272 e. The second-order valence-corrected chi connectivity index (χ2v) is 5.13. The fourth-order valence-corrected chi connectivity index (χ4v) is 2.26. The topological polar surface area (TPSA) is 84.3 Å². The number of amides is 1. The predicted octanol–water partition coefficient (Wildman–Crippen LogP) is 1.11. The number of nitro benzene ring substituents is 1. The van der Waals surface area contributed by atoms with Crippen LogP contribution in [0.25, 0.3) is 0 Å². The molecule has 0 bridgehead atoms. The molecule has 6 heteroatoms. The number of nitro groups is 1. The van der Waals surface area contributed by atoms with E-state index < -0.39 is 0 Å². The lowest BCUT2D eigenvalue weighted by Crippen LogP contribution is -2.49. The van der Waals surface area contributed by atoms with Crippen molar-refractivity contribution in [2.75, 3.05) is 19.6 Å². The standard InChI is InChI=1S/C14H19N3O3/c1-10(12-8-15-9-12)14(18)16-7-6-11-4-2-3-5-13(11)17(19)20/h2-5,10,12,15H,6-9H2,1H3,(H,16,18). The van der Waals surface area contributed by atoms with Crippen LogP contribution in [0.1, 0.15) is 12.5 Å². The van der Waals surface area contributed by atoms with Gasteiger partial charge >= 0.3 is 0 Å². The van der Waals surface area contributed by atoms with Crippen LogP contribution in [-0.4, -0.2) is 30.5 Å². The Morgan fingerprint density at radius 3 is 2.80 bits per heavy atom. The minimum atomic E-state index is -0.389. The van der Waals surface area contributed by atoms with Crippen LogP contribution in [0.2, 0.25) is 0 Å². The average molecular weight is 277 g/mol. The van der Waals surface area contributed by atoms with Gasteiger partial charge in [0.15, 0.2) is 0 Å². The number of carbonyl (C=O) groups excluding carboxylic acids is 1. The van der Waals surface area contributed by atoms with Crippen molar-refractivity contribution in [2.45, 2.75) is 13.3 Å². The zero-order valence-corrected chi connectivity index (χ0v) is 11.5. The average Bonchev–Trinajstić information content (AvgIpc) is 2.36. The van der Waals surface area contributed by atoms with Gasteiger partial charge in [-0.25, -0.2) is 0 Å². The van der Waals surface area contributed by atoms with Crippen molar-refractivity contribution >= 4 is 11.6 Å². The number of hydrogen-bond acceptors (Lipinski definition) is 4. The molecule has 1 amide bonds. The molecule has 108 valence electrons. The molecule has 1 aliphatic heterocycles. The second kappa shape index (κ2) is 6.47. The quantitative estimate of drug-likeness (QED) is 0.602. The maximum atomic E-state index is 11.9. The summed E-state index contributed by atoms with van der Waals surface area (Å²) < 4.78 is 0. The van der Waals surface area contributed by atoms with Gasteiger partial charge in [-0.1, -0.05) is 25.1 Å². The Kier molecular flexibility index (Phi) is 4.68. The first-order valence-electron chi connectivity index (χ1n) is 6.80. The SMILES string of the molecule is CC(C(=O)NCCc1ccccc1[N+](=O)[O-])C1CNC1. The Bertz CT molecular complexity index is 500. The van der Waals surface area contributed by atoms with Crippen LogP contribution in [0.5, 0.6) is 0 Å². The van der Waals surface area contributed by atoms with Gasteiger partial charge in [0.2, 0.25) is 5.91 Å². The van der Waals surface area contributed by atoms with Crippen molar-refractivity contribution in [3.8, 4) is 0 Å². The molecule has 2 rings (SSSR count). The summed E-state index contributed by atoms with van der Waals surface area (Å²) >= 11 is 0. The third-order valence-corrected chi connectivity index (χ3v) is 3.82. The number of hydrogen-bond donors (Lipinski definition) is 2. The van der Waals surface area contributed by atoms with Gasteiger partial charge < -0.3 is 10.6 Å². The van der Waals surface area contributed by atoms with E-state index in [1.54, 1.807) is 18.2 Å². The van der Waals surface area contributed by atoms with Crippen molar-refractivity contribution in [1.82, 2.24) is 10.6 Å². The van der Waals surface area contributed by atoms with E-state index in [1.807, 2.05) is 6.92 Å². The molecule has 0 radical (unpaired) electrons. The number of rotatable bonds is 6. The monoisotopic (exact) mass is 277 g/mol. The summed E-state index contributed by atoms with van der Waals surface area (Å²) in [5.74, 6) is 0.415. The molecule has 6 nitrogen and oxygen atoms in total. The fourth-order valence-electron chi connectivity index (χ4n) is 2.26. The molecular formula is C14H19N3O3. The van der Waals surface area contributed by atoms with Crippen molar-refractivity contribution in [3.63, 3.8) is 0 Å². The van der Waals surface area contributed by atoms with E-state index in [9.17, 15) is 14.9 Å². The van der Waals surface area contributed by atoms with Crippen LogP contribution in [-0.2, 0) is 11.2 Å². The lowest BCUT2D eigenvalue weighted by atomic mass is 9.88. The third kappa shape index (κ3) is 3.33. The summed E-state index contributed by atoms with van der Waals surface area (Å²) in [6.07, 6.45) is 0.471. The number of nitrogens with zero attached hydrogens (tertiary/aromatic N) is 1. The Balaban J connectivity index is 1.83. The van der Waals surface area contributed by atoms with Crippen LogP contribution in [0, 0.1) is 22.0 Å². The number of nitrogens with one attached hydrogen (secondary N) is 2. The Labute approximate surface area is 117 Å². The minimum Gasteiger partial charge on any atom is -0.356 e. The molecule has 1 fully saturated rings. The number of carbonyl (C=O) groups is 1. The minimum absolute atomic E-state index is 0.0120. The van der Waals surface area contributed by atoms with Crippen molar-refractivity contribution in [1.29, 1.82) is 0 Å². The van der Waals surface area contributed by atoms with Gasteiger partial charge in [0.1, 0.15) is 0 Å². The van der Waals surface area contributed by atoms with E-state index in [4.69, 9.17) is 0 Å². The largest absolute Gasteiger partial charge is 0.356 e. The van der Waals surface area contributed by atoms with E-state index in [0.29, 0.717) is 24.4 Å². The Morgan fingerprint density at radius 1 is 1.50 bits per heavy atom. The molecule has 1 heterocycles. The van der Waals surface area contributed by atoms with Crippen LogP contribution in [0.3, 0.4) is 0 Å². The Morgan fingerprint density at radius 2 is 2.20 bits per heavy atom. The number of benzene rings is 1. The van der Waals surface area contributed by atoms with Crippen LogP contribution in [0.4, 0.5) is 5.69 Å². The summed E-state index contributed by atoms with van der Waals surface area (Å²) in [5.41, 5.74) is 0.758. The summed E-state index contributed by atoms with van der Waals surface area (Å²) in [7, 11) is 0. The molecule has 0 aliphatic carbocycles. The summed E-state index contributed by atoms with van der Waals surface area (Å²) in [4.78, 5) is 22.4. The van der Waals surface area contributed by atoms with Gasteiger partial charge in [-0.05, 0) is 25.4 Å². The molecule has 1 aliphatic rings. The zero-order valence-electron chi connectivity index (χ0n) is 11.5. The van der Waals surface area contributed by atoms with E-state index in [1.165, 1.54) is 6.07 Å². The van der Waals surface area contributed by atoms with E-state index in [0.717, 1.165) is 13.1 Å². The first-order valence-corrected chi connectivity index (χ1v) is 6.80. The van der Waals surface area contributed by atoms with Gasteiger partial charge in [0.05, 0.1) is 4.92 Å². The van der Waals surface area contributed by atoms with Gasteiger partial charge in [-0.15, -0.1) is 0 Å². The summed E-state index contributed by atoms with van der Waals surface area (Å²) in [6, 6.07) is 6.63. The van der Waals surface area contributed by atoms with Crippen LogP contribution in [0.15, 0.2) is 24.3 Å². The van der Waals surface area contributed by atoms with Crippen molar-refractivity contribution in [3.05, 3.63) is 39.9 Å². The first kappa shape index (κ1) is 14.5. The van der Waals surface area contributed by atoms with Gasteiger partial charge in [-0.3, -0.25) is 14.9 Å². The first-order chi connectivity index (χ1) is 9.59. The molecule has 0 aromatic heterocycles. The lowest BCUT2D eigenvalue weighted by Gasteiger charge is -2.31. The normalized spacial score (nSPS) is 16.2. The molecule has 1 aromatic rings. The molecule has 2 N–H and O–H groups in total. The molecule has 1 unspecified atom stereocenters. The molecular weight excluding hydrogens is 258 g/mol. The highest BCUT2D eigenvalue weighted by atomic mass is 16.6. The van der Waals surface area contributed by atoms with Crippen molar-refractivity contribution in [2.24, 2.45) is 11.8 Å². The fraction of sp³-hybridized carbons (Fsp3) is 0.500.